The maximum Gasteiger partial charge on any atom is 0.191 e. The number of nitrogens with zero attached hydrogens (tertiary/aromatic N) is 2. The molecule has 2 rings (SSSR count). The Morgan fingerprint density at radius 1 is 1.14 bits per heavy atom. The van der Waals surface area contributed by atoms with Gasteiger partial charge in [-0.2, -0.15) is 0 Å². The van der Waals surface area contributed by atoms with Crippen LogP contribution in [0.2, 0.25) is 5.15 Å². The standard InChI is InChI=1S/C21H25ClN4O.HI/c1-3-15-27-19-8-5-17(6-9-19)11-13-24-21(23-4-2)25-14-12-18-7-10-20(22)26-16-18;/h1,5-10,16H,4,11-15H2,2H3,(H2,23,24,25);1H. The molecule has 0 bridgehead atoms. The van der Waals surface area contributed by atoms with Crippen LogP contribution in [0.5, 0.6) is 5.75 Å². The molecular weight excluding hydrogens is 487 g/mol. The molecule has 0 aliphatic rings. The minimum atomic E-state index is 0. The first kappa shape index (κ1) is 24.1. The van der Waals surface area contributed by atoms with E-state index in [-0.39, 0.29) is 30.6 Å². The van der Waals surface area contributed by atoms with Crippen molar-refractivity contribution in [1.82, 2.24) is 15.6 Å². The monoisotopic (exact) mass is 512 g/mol. The van der Waals surface area contributed by atoms with Crippen molar-refractivity contribution in [2.75, 3.05) is 26.2 Å². The number of hydrogen-bond donors (Lipinski definition) is 2. The van der Waals surface area contributed by atoms with E-state index < -0.39 is 0 Å². The van der Waals surface area contributed by atoms with Crippen LogP contribution in [-0.4, -0.2) is 37.2 Å². The first-order valence-electron chi connectivity index (χ1n) is 8.99. The molecule has 150 valence electrons. The summed E-state index contributed by atoms with van der Waals surface area (Å²) in [7, 11) is 0. The van der Waals surface area contributed by atoms with Crippen LogP contribution >= 0.6 is 35.6 Å². The van der Waals surface area contributed by atoms with Crippen molar-refractivity contribution in [3.63, 3.8) is 0 Å². The molecule has 0 saturated carbocycles. The Balaban J connectivity index is 0.00000392. The van der Waals surface area contributed by atoms with Crippen molar-refractivity contribution in [3.05, 3.63) is 58.9 Å². The SMILES string of the molecule is C#CCOc1ccc(CCN=C(NCC)NCCc2ccc(Cl)nc2)cc1.I. The molecule has 2 N–H and O–H groups in total. The van der Waals surface area contributed by atoms with E-state index in [1.54, 1.807) is 12.3 Å². The van der Waals surface area contributed by atoms with E-state index >= 15 is 0 Å². The molecule has 1 heterocycles. The third kappa shape index (κ3) is 9.29. The zero-order chi connectivity index (χ0) is 19.3. The molecule has 28 heavy (non-hydrogen) atoms. The molecular formula is C21H26ClIN4O. The number of halogens is 2. The highest BCUT2D eigenvalue weighted by Gasteiger charge is 2.00. The van der Waals surface area contributed by atoms with E-state index in [0.29, 0.717) is 11.7 Å². The largest absolute Gasteiger partial charge is 0.481 e. The van der Waals surface area contributed by atoms with Gasteiger partial charge in [0.1, 0.15) is 17.5 Å². The lowest BCUT2D eigenvalue weighted by Gasteiger charge is -2.11. The van der Waals surface area contributed by atoms with Gasteiger partial charge in [0.05, 0.1) is 0 Å². The minimum absolute atomic E-state index is 0. The number of nitrogens with one attached hydrogen (secondary N) is 2. The number of ether oxygens (including phenoxy) is 1. The van der Waals surface area contributed by atoms with Gasteiger partial charge in [0.25, 0.3) is 0 Å². The lowest BCUT2D eigenvalue weighted by Crippen LogP contribution is -2.38. The van der Waals surface area contributed by atoms with Crippen molar-refractivity contribution in [3.8, 4) is 18.1 Å². The number of aliphatic imine (C=N–C) groups is 1. The van der Waals surface area contributed by atoms with E-state index in [4.69, 9.17) is 22.8 Å². The molecule has 7 heteroatoms. The second-order valence-electron chi connectivity index (χ2n) is 5.81. The third-order valence-corrected chi connectivity index (χ3v) is 3.98. The van der Waals surface area contributed by atoms with Crippen molar-refractivity contribution in [1.29, 1.82) is 0 Å². The fourth-order valence-corrected chi connectivity index (χ4v) is 2.51. The number of benzene rings is 1. The van der Waals surface area contributed by atoms with E-state index in [1.165, 1.54) is 5.56 Å². The number of guanidine groups is 1. The zero-order valence-electron chi connectivity index (χ0n) is 16.0. The van der Waals surface area contributed by atoms with Gasteiger partial charge in [-0.25, -0.2) is 4.98 Å². The second-order valence-corrected chi connectivity index (χ2v) is 6.20. The molecule has 5 nitrogen and oxygen atoms in total. The molecule has 0 aliphatic heterocycles. The van der Waals surface area contributed by atoms with Gasteiger partial charge in [-0.05, 0) is 49.1 Å². The molecule has 2 aromatic rings. The molecule has 1 aromatic heterocycles. The van der Waals surface area contributed by atoms with Gasteiger partial charge >= 0.3 is 0 Å². The molecule has 0 aliphatic carbocycles. The van der Waals surface area contributed by atoms with Crippen LogP contribution in [0.1, 0.15) is 18.1 Å². The summed E-state index contributed by atoms with van der Waals surface area (Å²) in [5, 5.41) is 7.11. The molecule has 0 amide bonds. The Labute approximate surface area is 189 Å². The maximum absolute atomic E-state index is 5.81. The van der Waals surface area contributed by atoms with Crippen LogP contribution < -0.4 is 15.4 Å². The molecule has 0 fully saturated rings. The predicted molar refractivity (Wildman–Crippen MR) is 127 cm³/mol. The smallest absolute Gasteiger partial charge is 0.191 e. The highest BCUT2D eigenvalue weighted by atomic mass is 127. The molecule has 0 radical (unpaired) electrons. The minimum Gasteiger partial charge on any atom is -0.481 e. The zero-order valence-corrected chi connectivity index (χ0v) is 19.0. The maximum atomic E-state index is 5.81. The number of hydrogen-bond acceptors (Lipinski definition) is 3. The normalized spacial score (nSPS) is 10.5. The van der Waals surface area contributed by atoms with Crippen LogP contribution in [0, 0.1) is 12.3 Å². The summed E-state index contributed by atoms with van der Waals surface area (Å²) in [4.78, 5) is 8.72. The Morgan fingerprint density at radius 2 is 1.89 bits per heavy atom. The van der Waals surface area contributed by atoms with E-state index in [9.17, 15) is 0 Å². The Hall–Kier alpha value is -1.98. The summed E-state index contributed by atoms with van der Waals surface area (Å²) in [6.07, 6.45) is 8.69. The predicted octanol–water partition coefficient (Wildman–Crippen LogP) is 3.71. The van der Waals surface area contributed by atoms with E-state index in [2.05, 4.69) is 33.5 Å². The summed E-state index contributed by atoms with van der Waals surface area (Å²) in [5.74, 6) is 4.05. The molecule has 1 aromatic carbocycles. The third-order valence-electron chi connectivity index (χ3n) is 3.75. The first-order valence-corrected chi connectivity index (χ1v) is 9.37. The van der Waals surface area contributed by atoms with Crippen LogP contribution in [0.4, 0.5) is 0 Å². The lowest BCUT2D eigenvalue weighted by molar-refractivity contribution is 0.370. The Morgan fingerprint density at radius 3 is 2.54 bits per heavy atom. The molecule has 0 saturated heterocycles. The topological polar surface area (TPSA) is 58.5 Å². The van der Waals surface area contributed by atoms with Gasteiger partial charge in [-0.1, -0.05) is 35.7 Å². The van der Waals surface area contributed by atoms with Gasteiger partial charge in [0.2, 0.25) is 0 Å². The van der Waals surface area contributed by atoms with Crippen LogP contribution in [0.3, 0.4) is 0 Å². The van der Waals surface area contributed by atoms with Crippen LogP contribution in [0.25, 0.3) is 0 Å². The van der Waals surface area contributed by atoms with Crippen molar-refractivity contribution in [2.24, 2.45) is 4.99 Å². The summed E-state index contributed by atoms with van der Waals surface area (Å²) in [6.45, 7) is 4.62. The van der Waals surface area contributed by atoms with Gasteiger partial charge < -0.3 is 15.4 Å². The highest BCUT2D eigenvalue weighted by Crippen LogP contribution is 2.12. The van der Waals surface area contributed by atoms with E-state index in [1.807, 2.05) is 30.3 Å². The number of terminal acetylenes is 1. The quantitative estimate of drug-likeness (QED) is 0.177. The molecule has 0 atom stereocenters. The van der Waals surface area contributed by atoms with Gasteiger partial charge in [0, 0.05) is 25.8 Å². The highest BCUT2D eigenvalue weighted by molar-refractivity contribution is 14.0. The number of pyridine rings is 1. The summed E-state index contributed by atoms with van der Waals surface area (Å²) in [6, 6.07) is 11.7. The summed E-state index contributed by atoms with van der Waals surface area (Å²) >= 11 is 5.81. The molecule has 0 spiro atoms. The summed E-state index contributed by atoms with van der Waals surface area (Å²) < 4.78 is 5.38. The van der Waals surface area contributed by atoms with Crippen LogP contribution in [0.15, 0.2) is 47.6 Å². The average molecular weight is 513 g/mol. The van der Waals surface area contributed by atoms with Crippen molar-refractivity contribution >= 4 is 41.5 Å². The second kappa shape index (κ2) is 14.1. The lowest BCUT2D eigenvalue weighted by atomic mass is 10.1. The van der Waals surface area contributed by atoms with Crippen molar-refractivity contribution < 1.29 is 4.74 Å². The fraction of sp³-hybridized carbons (Fsp3) is 0.333. The number of rotatable bonds is 9. The first-order chi connectivity index (χ1) is 13.2. The van der Waals surface area contributed by atoms with Crippen LogP contribution in [-0.2, 0) is 12.8 Å². The number of aromatic nitrogens is 1. The Kier molecular flexibility index (Phi) is 12.1. The van der Waals surface area contributed by atoms with Gasteiger partial charge in [-0.3, -0.25) is 4.99 Å². The molecule has 0 unspecified atom stereocenters. The summed E-state index contributed by atoms with van der Waals surface area (Å²) in [5.41, 5.74) is 2.34. The van der Waals surface area contributed by atoms with E-state index in [0.717, 1.165) is 43.2 Å². The van der Waals surface area contributed by atoms with Gasteiger partial charge in [0.15, 0.2) is 5.96 Å². The average Bonchev–Trinajstić information content (AvgIpc) is 2.69. The fourth-order valence-electron chi connectivity index (χ4n) is 2.40. The van der Waals surface area contributed by atoms with Gasteiger partial charge in [-0.15, -0.1) is 30.4 Å². The van der Waals surface area contributed by atoms with Crippen molar-refractivity contribution in [2.45, 2.75) is 19.8 Å². The Bertz CT molecular complexity index is 757.